The quantitative estimate of drug-likeness (QED) is 0.0954. The van der Waals surface area contributed by atoms with Crippen molar-refractivity contribution in [2.75, 3.05) is 0 Å². The highest BCUT2D eigenvalue weighted by molar-refractivity contribution is 7.16. The van der Waals surface area contributed by atoms with Crippen LogP contribution in [0.15, 0.2) is 259 Å². The molecule has 0 aromatic heterocycles. The first-order chi connectivity index (χ1) is 30.5. The molecule has 9 aromatic rings. The number of benzene rings is 9. The zero-order chi connectivity index (χ0) is 41.9. The van der Waals surface area contributed by atoms with E-state index in [1.807, 2.05) is 0 Å². The van der Waals surface area contributed by atoms with Gasteiger partial charge in [-0.05, 0) is 121 Å². The van der Waals surface area contributed by atoms with Crippen LogP contribution in [-0.2, 0) is 0 Å². The Kier molecular flexibility index (Phi) is 10.6. The Balaban J connectivity index is 1.41. The molecule has 0 atom stereocenters. The number of allylic oxidation sites excluding steroid dienone is 4. The summed E-state index contributed by atoms with van der Waals surface area (Å²) in [4.78, 5) is 0. The highest BCUT2D eigenvalue weighted by Gasteiger charge is 2.46. The van der Waals surface area contributed by atoms with Crippen molar-refractivity contribution in [3.05, 3.63) is 259 Å². The molecule has 0 nitrogen and oxygen atoms in total. The van der Waals surface area contributed by atoms with Crippen molar-refractivity contribution in [1.29, 1.82) is 0 Å². The summed E-state index contributed by atoms with van der Waals surface area (Å²) in [7, 11) is -3.25. The molecule has 0 bridgehead atoms. The molecule has 0 amide bonds. The molecule has 1 aliphatic carbocycles. The number of hydrogen-bond acceptors (Lipinski definition) is 0. The Bertz CT molecular complexity index is 2580. The second-order valence-electron chi connectivity index (χ2n) is 16.5. The predicted molar refractivity (Wildman–Crippen MR) is 268 cm³/mol. The molecule has 10 rings (SSSR count). The minimum Gasteiger partial charge on any atom is -0.0776 e. The van der Waals surface area contributed by atoms with E-state index in [4.69, 9.17) is 0 Å². The Morgan fingerprint density at radius 1 is 0.274 bits per heavy atom. The Morgan fingerprint density at radius 2 is 0.500 bits per heavy atom. The van der Waals surface area contributed by atoms with Crippen LogP contribution in [0, 0.1) is 0 Å². The van der Waals surface area contributed by atoms with Gasteiger partial charge in [0.05, 0.1) is 0 Å². The molecular formula is C61H48Si. The maximum Gasteiger partial charge on any atom is 0.176 e. The summed E-state index contributed by atoms with van der Waals surface area (Å²) in [6.45, 7) is 4.69. The van der Waals surface area contributed by atoms with Crippen LogP contribution >= 0.6 is 0 Å². The van der Waals surface area contributed by atoms with Crippen LogP contribution in [0.5, 0.6) is 0 Å². The molecule has 62 heavy (non-hydrogen) atoms. The molecule has 0 saturated carbocycles. The molecule has 0 N–H and O–H groups in total. The van der Waals surface area contributed by atoms with Gasteiger partial charge in [-0.2, -0.15) is 0 Å². The fourth-order valence-corrected chi connectivity index (χ4v) is 15.0. The van der Waals surface area contributed by atoms with E-state index in [-0.39, 0.29) is 0 Å². The lowest BCUT2D eigenvalue weighted by Crippen LogP contribution is -2.69. The van der Waals surface area contributed by atoms with Gasteiger partial charge in [-0.25, -0.2) is 0 Å². The lowest BCUT2D eigenvalue weighted by atomic mass is 9.98. The molecule has 0 saturated heterocycles. The van der Waals surface area contributed by atoms with Crippen LogP contribution in [0.4, 0.5) is 0 Å². The lowest BCUT2D eigenvalue weighted by Gasteiger charge is -2.38. The van der Waals surface area contributed by atoms with Crippen molar-refractivity contribution in [2.24, 2.45) is 0 Å². The maximum atomic E-state index is 2.55. The first kappa shape index (κ1) is 38.9. The minimum absolute atomic E-state index is 0.895. The number of hydrogen-bond donors (Lipinski definition) is 0. The maximum absolute atomic E-state index is 3.25. The standard InChI is InChI=1S/C61H48Si/c1-44-33-34-61(45(44)2)62(58-38-52(46-21-9-3-10-22-46)35-53(39-58)47-23-11-4-12-24-47,59-40-54(48-25-13-5-14-26-48)36-55(41-59)49-27-15-6-16-28-49)60-42-56(50-29-17-7-18-30-50)37-57(43-60)51-31-19-8-20-32-51/h3-33,35-43H,34H2,1-2H3. The van der Waals surface area contributed by atoms with E-state index in [2.05, 4.69) is 257 Å². The van der Waals surface area contributed by atoms with Gasteiger partial charge in [0.1, 0.15) is 0 Å². The number of rotatable bonds is 10. The van der Waals surface area contributed by atoms with E-state index in [9.17, 15) is 0 Å². The molecule has 0 unspecified atom stereocenters. The van der Waals surface area contributed by atoms with Crippen LogP contribution in [0.25, 0.3) is 66.8 Å². The Labute approximate surface area is 367 Å². The summed E-state index contributed by atoms with van der Waals surface area (Å²) in [5, 5.41) is 5.67. The second kappa shape index (κ2) is 17.0. The van der Waals surface area contributed by atoms with Crippen LogP contribution < -0.4 is 15.6 Å². The molecule has 9 aromatic carbocycles. The minimum atomic E-state index is -3.25. The first-order valence-electron chi connectivity index (χ1n) is 21.7. The highest BCUT2D eigenvalue weighted by Crippen LogP contribution is 2.38. The van der Waals surface area contributed by atoms with Crippen LogP contribution in [-0.4, -0.2) is 8.07 Å². The van der Waals surface area contributed by atoms with Gasteiger partial charge in [0.25, 0.3) is 0 Å². The van der Waals surface area contributed by atoms with Crippen LogP contribution in [0.1, 0.15) is 20.3 Å². The van der Waals surface area contributed by atoms with E-state index in [1.54, 1.807) is 0 Å². The van der Waals surface area contributed by atoms with Crippen molar-refractivity contribution in [1.82, 2.24) is 0 Å². The zero-order valence-electron chi connectivity index (χ0n) is 35.3. The van der Waals surface area contributed by atoms with Crippen LogP contribution in [0.3, 0.4) is 0 Å². The SMILES string of the molecule is CC1=CCC([Si](c2cc(-c3ccccc3)cc(-c3ccccc3)c2)(c2cc(-c3ccccc3)cc(-c3ccccc3)c2)c2cc(-c3ccccc3)cc(-c3ccccc3)c2)=C1C. The highest BCUT2D eigenvalue weighted by atomic mass is 28.3. The van der Waals surface area contributed by atoms with Gasteiger partial charge < -0.3 is 0 Å². The lowest BCUT2D eigenvalue weighted by molar-refractivity contribution is 1.34. The van der Waals surface area contributed by atoms with Gasteiger partial charge in [-0.3, -0.25) is 0 Å². The fraction of sp³-hybridized carbons (Fsp3) is 0.0492. The molecule has 296 valence electrons. The Morgan fingerprint density at radius 3 is 0.694 bits per heavy atom. The fourth-order valence-electron chi connectivity index (χ4n) is 9.57. The molecule has 1 aliphatic rings. The summed E-state index contributed by atoms with van der Waals surface area (Å²) < 4.78 is 0. The average Bonchev–Trinajstić information content (AvgIpc) is 3.69. The molecular weight excluding hydrogens is 761 g/mol. The van der Waals surface area contributed by atoms with E-state index in [1.165, 1.54) is 98.7 Å². The van der Waals surface area contributed by atoms with E-state index in [0.29, 0.717) is 0 Å². The van der Waals surface area contributed by atoms with Crippen molar-refractivity contribution < 1.29 is 0 Å². The first-order valence-corrected chi connectivity index (χ1v) is 23.7. The molecule has 0 heterocycles. The predicted octanol–water partition coefficient (Wildman–Crippen LogP) is 14.4. The van der Waals surface area contributed by atoms with E-state index < -0.39 is 8.07 Å². The average molecular weight is 809 g/mol. The molecule has 1 heteroatoms. The largest absolute Gasteiger partial charge is 0.176 e. The van der Waals surface area contributed by atoms with Gasteiger partial charge in [0, 0.05) is 0 Å². The Hall–Kier alpha value is -7.32. The third kappa shape index (κ3) is 7.42. The van der Waals surface area contributed by atoms with Gasteiger partial charge in [0.2, 0.25) is 0 Å². The summed E-state index contributed by atoms with van der Waals surface area (Å²) >= 11 is 0. The third-order valence-corrected chi connectivity index (χ3v) is 17.8. The van der Waals surface area contributed by atoms with E-state index in [0.717, 1.165) is 6.42 Å². The van der Waals surface area contributed by atoms with Crippen molar-refractivity contribution in [3.63, 3.8) is 0 Å². The monoisotopic (exact) mass is 808 g/mol. The normalized spacial score (nSPS) is 12.6. The van der Waals surface area contributed by atoms with Gasteiger partial charge in [-0.1, -0.05) is 241 Å². The molecule has 0 spiro atoms. The third-order valence-electron chi connectivity index (χ3n) is 12.9. The topological polar surface area (TPSA) is 0 Å². The summed E-state index contributed by atoms with van der Waals surface area (Å²) in [6.07, 6.45) is 3.37. The smallest absolute Gasteiger partial charge is 0.0776 e. The van der Waals surface area contributed by atoms with E-state index >= 15 is 0 Å². The van der Waals surface area contributed by atoms with Crippen molar-refractivity contribution >= 4 is 23.6 Å². The van der Waals surface area contributed by atoms with Gasteiger partial charge in [-0.15, -0.1) is 0 Å². The van der Waals surface area contributed by atoms with Gasteiger partial charge in [0.15, 0.2) is 8.07 Å². The molecule has 0 radical (unpaired) electrons. The van der Waals surface area contributed by atoms with Crippen molar-refractivity contribution in [3.8, 4) is 66.8 Å². The zero-order valence-corrected chi connectivity index (χ0v) is 36.3. The summed E-state index contributed by atoms with van der Waals surface area (Å²) in [5.74, 6) is 0. The van der Waals surface area contributed by atoms with Gasteiger partial charge >= 0.3 is 0 Å². The second-order valence-corrected chi connectivity index (χ2v) is 20.4. The summed E-state index contributed by atoms with van der Waals surface area (Å²) in [5.41, 5.74) is 17.4. The molecule has 0 aliphatic heterocycles. The van der Waals surface area contributed by atoms with Crippen LogP contribution in [0.2, 0.25) is 0 Å². The van der Waals surface area contributed by atoms with Crippen molar-refractivity contribution in [2.45, 2.75) is 20.3 Å². The summed E-state index contributed by atoms with van der Waals surface area (Å²) in [6, 6.07) is 88.3. The molecule has 0 fully saturated rings.